The molecule has 0 saturated carbocycles. The smallest absolute Gasteiger partial charge is 0.0831 e. The quantitative estimate of drug-likeness (QED) is 0.845. The zero-order chi connectivity index (χ0) is 11.4. The molecule has 2 aromatic rings. The Morgan fingerprint density at radius 3 is 3.00 bits per heavy atom. The minimum atomic E-state index is 0.808. The Hall–Kier alpha value is -1.68. The third kappa shape index (κ3) is 2.46. The van der Waals surface area contributed by atoms with Crippen LogP contribution in [0.25, 0.3) is 5.69 Å². The summed E-state index contributed by atoms with van der Waals surface area (Å²) >= 11 is 0. The summed E-state index contributed by atoms with van der Waals surface area (Å²) in [6.45, 7) is 5.88. The van der Waals surface area contributed by atoms with Crippen molar-refractivity contribution in [1.82, 2.24) is 20.1 Å². The summed E-state index contributed by atoms with van der Waals surface area (Å²) in [6, 6.07) is 4.09. The lowest BCUT2D eigenvalue weighted by atomic mass is 10.3. The van der Waals surface area contributed by atoms with E-state index < -0.39 is 0 Å². The Bertz CT molecular complexity index is 462. The molecule has 16 heavy (non-hydrogen) atoms. The van der Waals surface area contributed by atoms with Crippen molar-refractivity contribution in [1.29, 1.82) is 0 Å². The normalized spacial score (nSPS) is 10.6. The lowest BCUT2D eigenvalue weighted by molar-refractivity contribution is 0.696. The first-order chi connectivity index (χ1) is 7.79. The Morgan fingerprint density at radius 2 is 2.25 bits per heavy atom. The summed E-state index contributed by atoms with van der Waals surface area (Å²) in [5.41, 5.74) is 3.19. The number of aryl methyl sites for hydroxylation is 1. The van der Waals surface area contributed by atoms with E-state index in [0.717, 1.165) is 30.0 Å². The van der Waals surface area contributed by atoms with Gasteiger partial charge in [-0.1, -0.05) is 6.92 Å². The molecule has 0 saturated heterocycles. The molecule has 0 amide bonds. The van der Waals surface area contributed by atoms with Crippen molar-refractivity contribution in [3.8, 4) is 5.69 Å². The van der Waals surface area contributed by atoms with Crippen LogP contribution in [0.4, 0.5) is 0 Å². The van der Waals surface area contributed by atoms with E-state index in [1.54, 1.807) is 0 Å². The summed E-state index contributed by atoms with van der Waals surface area (Å²) < 4.78 is 1.85. The largest absolute Gasteiger partial charge is 0.311 e. The number of pyridine rings is 1. The maximum absolute atomic E-state index is 4.47. The summed E-state index contributed by atoms with van der Waals surface area (Å²) in [6.07, 6.45) is 5.62. The van der Waals surface area contributed by atoms with Crippen molar-refractivity contribution in [2.45, 2.75) is 20.4 Å². The van der Waals surface area contributed by atoms with Gasteiger partial charge in [0.05, 0.1) is 17.6 Å². The molecule has 0 unspecified atom stereocenters. The Kier molecular flexibility index (Phi) is 3.31. The highest BCUT2D eigenvalue weighted by atomic mass is 15.3. The Morgan fingerprint density at radius 1 is 1.38 bits per heavy atom. The van der Waals surface area contributed by atoms with Crippen LogP contribution in [-0.2, 0) is 6.54 Å². The monoisotopic (exact) mass is 216 g/mol. The van der Waals surface area contributed by atoms with Crippen LogP contribution in [0.3, 0.4) is 0 Å². The molecule has 1 N–H and O–H groups in total. The molecule has 0 spiro atoms. The van der Waals surface area contributed by atoms with Gasteiger partial charge in [-0.3, -0.25) is 4.98 Å². The zero-order valence-electron chi connectivity index (χ0n) is 9.64. The third-order valence-electron chi connectivity index (χ3n) is 2.33. The van der Waals surface area contributed by atoms with Gasteiger partial charge >= 0.3 is 0 Å². The highest BCUT2D eigenvalue weighted by molar-refractivity contribution is 5.30. The molecule has 2 heterocycles. The highest BCUT2D eigenvalue weighted by Crippen LogP contribution is 2.07. The number of nitrogens with zero attached hydrogens (tertiary/aromatic N) is 3. The van der Waals surface area contributed by atoms with Crippen LogP contribution >= 0.6 is 0 Å². The summed E-state index contributed by atoms with van der Waals surface area (Å²) in [7, 11) is 0. The van der Waals surface area contributed by atoms with E-state index in [4.69, 9.17) is 0 Å². The van der Waals surface area contributed by atoms with E-state index in [1.807, 2.05) is 36.3 Å². The van der Waals surface area contributed by atoms with Gasteiger partial charge in [-0.25, -0.2) is 4.68 Å². The van der Waals surface area contributed by atoms with Crippen LogP contribution in [-0.4, -0.2) is 21.3 Å². The molecule has 0 aliphatic heterocycles. The first kappa shape index (κ1) is 10.8. The van der Waals surface area contributed by atoms with E-state index in [1.165, 1.54) is 0 Å². The van der Waals surface area contributed by atoms with Crippen molar-refractivity contribution in [3.63, 3.8) is 0 Å². The first-order valence-corrected chi connectivity index (χ1v) is 5.47. The average Bonchev–Trinajstić information content (AvgIpc) is 2.75. The van der Waals surface area contributed by atoms with E-state index in [2.05, 4.69) is 28.4 Å². The lowest BCUT2D eigenvalue weighted by Gasteiger charge is -2.01. The van der Waals surface area contributed by atoms with Crippen LogP contribution < -0.4 is 5.32 Å². The second-order valence-electron chi connectivity index (χ2n) is 3.75. The van der Waals surface area contributed by atoms with Gasteiger partial charge in [0.2, 0.25) is 0 Å². The van der Waals surface area contributed by atoms with Crippen molar-refractivity contribution in [2.75, 3.05) is 6.54 Å². The second kappa shape index (κ2) is 4.90. The molecule has 4 nitrogen and oxygen atoms in total. The number of hydrogen-bond acceptors (Lipinski definition) is 3. The van der Waals surface area contributed by atoms with Gasteiger partial charge in [0.15, 0.2) is 0 Å². The number of aromatic nitrogens is 3. The van der Waals surface area contributed by atoms with Gasteiger partial charge < -0.3 is 5.32 Å². The maximum atomic E-state index is 4.47. The molecule has 0 bridgehead atoms. The summed E-state index contributed by atoms with van der Waals surface area (Å²) in [4.78, 5) is 4.16. The van der Waals surface area contributed by atoms with Crippen molar-refractivity contribution in [2.24, 2.45) is 0 Å². The SMILES string of the molecule is CCNCc1ccn(-c2cncc(C)c2)n1. The van der Waals surface area contributed by atoms with E-state index >= 15 is 0 Å². The standard InChI is InChI=1S/C12H16N4/c1-3-13-8-11-4-5-16(15-11)12-6-10(2)7-14-9-12/h4-7,9,13H,3,8H2,1-2H3. The average molecular weight is 216 g/mol. The van der Waals surface area contributed by atoms with E-state index in [0.29, 0.717) is 0 Å². The van der Waals surface area contributed by atoms with Crippen molar-refractivity contribution >= 4 is 0 Å². The Balaban J connectivity index is 2.18. The molecule has 0 aliphatic carbocycles. The minimum absolute atomic E-state index is 0.808. The molecule has 0 radical (unpaired) electrons. The van der Waals surface area contributed by atoms with Gasteiger partial charge in [-0.05, 0) is 31.2 Å². The van der Waals surface area contributed by atoms with Crippen LogP contribution in [0.5, 0.6) is 0 Å². The van der Waals surface area contributed by atoms with E-state index in [9.17, 15) is 0 Å². The fraction of sp³-hybridized carbons (Fsp3) is 0.333. The van der Waals surface area contributed by atoms with Gasteiger partial charge in [-0.15, -0.1) is 0 Å². The van der Waals surface area contributed by atoms with Crippen LogP contribution in [0.2, 0.25) is 0 Å². The molecular formula is C12H16N4. The van der Waals surface area contributed by atoms with Gasteiger partial charge in [0, 0.05) is 18.9 Å². The maximum Gasteiger partial charge on any atom is 0.0831 e. The minimum Gasteiger partial charge on any atom is -0.311 e. The van der Waals surface area contributed by atoms with Gasteiger partial charge in [0.25, 0.3) is 0 Å². The van der Waals surface area contributed by atoms with Crippen molar-refractivity contribution in [3.05, 3.63) is 42.0 Å². The molecule has 0 atom stereocenters. The summed E-state index contributed by atoms with van der Waals surface area (Å²) in [5, 5.41) is 7.72. The number of hydrogen-bond donors (Lipinski definition) is 1. The van der Waals surface area contributed by atoms with Crippen LogP contribution in [0.1, 0.15) is 18.2 Å². The molecule has 4 heteroatoms. The Labute approximate surface area is 95.3 Å². The van der Waals surface area contributed by atoms with Gasteiger partial charge in [-0.2, -0.15) is 5.10 Å². The molecule has 0 fully saturated rings. The molecular weight excluding hydrogens is 200 g/mol. The lowest BCUT2D eigenvalue weighted by Crippen LogP contribution is -2.12. The zero-order valence-corrected chi connectivity index (χ0v) is 9.64. The first-order valence-electron chi connectivity index (χ1n) is 5.47. The fourth-order valence-corrected chi connectivity index (χ4v) is 1.52. The van der Waals surface area contributed by atoms with Crippen molar-refractivity contribution < 1.29 is 0 Å². The number of nitrogens with one attached hydrogen (secondary N) is 1. The molecule has 2 rings (SSSR count). The fourth-order valence-electron chi connectivity index (χ4n) is 1.52. The summed E-state index contributed by atoms with van der Waals surface area (Å²) in [5.74, 6) is 0. The predicted octanol–water partition coefficient (Wildman–Crippen LogP) is 1.69. The molecule has 0 aromatic carbocycles. The number of rotatable bonds is 4. The van der Waals surface area contributed by atoms with Gasteiger partial charge in [0.1, 0.15) is 0 Å². The molecule has 0 aliphatic rings. The highest BCUT2D eigenvalue weighted by Gasteiger charge is 2.01. The predicted molar refractivity (Wildman–Crippen MR) is 63.5 cm³/mol. The van der Waals surface area contributed by atoms with Crippen LogP contribution in [0, 0.1) is 6.92 Å². The van der Waals surface area contributed by atoms with Crippen LogP contribution in [0.15, 0.2) is 30.7 Å². The molecule has 84 valence electrons. The second-order valence-corrected chi connectivity index (χ2v) is 3.75. The third-order valence-corrected chi connectivity index (χ3v) is 2.33. The molecule has 2 aromatic heterocycles. The van der Waals surface area contributed by atoms with E-state index in [-0.39, 0.29) is 0 Å². The topological polar surface area (TPSA) is 42.7 Å².